The van der Waals surface area contributed by atoms with Crippen molar-refractivity contribution in [3.63, 3.8) is 0 Å². The van der Waals surface area contributed by atoms with Crippen molar-refractivity contribution in [3.8, 4) is 0 Å². The summed E-state index contributed by atoms with van der Waals surface area (Å²) in [6, 6.07) is 12.0. The van der Waals surface area contributed by atoms with E-state index in [2.05, 4.69) is 4.72 Å². The number of hydrogen-bond donors (Lipinski definition) is 1. The molecular weight excluding hydrogens is 364 g/mol. The molecule has 0 atom stereocenters. The van der Waals surface area contributed by atoms with Crippen LogP contribution in [0, 0.1) is 13.8 Å². The van der Waals surface area contributed by atoms with Gasteiger partial charge < -0.3 is 4.90 Å². The molecule has 0 bridgehead atoms. The lowest BCUT2D eigenvalue weighted by atomic mass is 10.1. The molecule has 0 aliphatic heterocycles. The van der Waals surface area contributed by atoms with Gasteiger partial charge in [-0.1, -0.05) is 24.3 Å². The highest BCUT2D eigenvalue weighted by molar-refractivity contribution is 7.89. The van der Waals surface area contributed by atoms with E-state index in [1.165, 1.54) is 18.7 Å². The van der Waals surface area contributed by atoms with Gasteiger partial charge in [0.2, 0.25) is 15.9 Å². The molecule has 2 rings (SSSR count). The van der Waals surface area contributed by atoms with Crippen LogP contribution in [0.2, 0.25) is 0 Å². The maximum absolute atomic E-state index is 12.6. The molecule has 1 N–H and O–H groups in total. The molecule has 7 heteroatoms. The molecule has 0 unspecified atom stereocenters. The van der Waals surface area contributed by atoms with Gasteiger partial charge in [0.25, 0.3) is 0 Å². The van der Waals surface area contributed by atoms with Crippen LogP contribution in [0.4, 0.5) is 5.69 Å². The maximum atomic E-state index is 12.6. The molecule has 2 aromatic carbocycles. The predicted octanol–water partition coefficient (Wildman–Crippen LogP) is 2.84. The standard InChI is InChI=1S/C20H24N2O4S/c1-14-8-9-15(2)20(12-14)27(25,26)21-10-11-22(17(4)24)19-7-5-6-18(13-19)16(3)23/h5-9,12-13,21H,10-11H2,1-4H3. The molecule has 6 nitrogen and oxygen atoms in total. The summed E-state index contributed by atoms with van der Waals surface area (Å²) in [6.45, 7) is 6.64. The third-order valence-electron chi connectivity index (χ3n) is 4.21. The van der Waals surface area contributed by atoms with E-state index >= 15 is 0 Å². The number of sulfonamides is 1. The van der Waals surface area contributed by atoms with Gasteiger partial charge in [0.15, 0.2) is 5.78 Å². The Morgan fingerprint density at radius 2 is 1.74 bits per heavy atom. The fourth-order valence-corrected chi connectivity index (χ4v) is 4.08. The molecule has 0 aliphatic carbocycles. The second-order valence-corrected chi connectivity index (χ2v) is 8.18. The van der Waals surface area contributed by atoms with E-state index in [9.17, 15) is 18.0 Å². The molecule has 0 saturated carbocycles. The maximum Gasteiger partial charge on any atom is 0.240 e. The molecule has 0 aromatic heterocycles. The highest BCUT2D eigenvalue weighted by Crippen LogP contribution is 2.18. The van der Waals surface area contributed by atoms with Crippen LogP contribution in [0.15, 0.2) is 47.4 Å². The van der Waals surface area contributed by atoms with Crippen LogP contribution in [-0.2, 0) is 14.8 Å². The summed E-state index contributed by atoms with van der Waals surface area (Å²) in [5.41, 5.74) is 2.56. The van der Waals surface area contributed by atoms with E-state index in [4.69, 9.17) is 0 Å². The van der Waals surface area contributed by atoms with Gasteiger partial charge in [-0.05, 0) is 50.1 Å². The third kappa shape index (κ3) is 5.24. The molecular formula is C20H24N2O4S. The van der Waals surface area contributed by atoms with Crippen molar-refractivity contribution < 1.29 is 18.0 Å². The first-order valence-electron chi connectivity index (χ1n) is 8.58. The number of benzene rings is 2. The smallest absolute Gasteiger partial charge is 0.240 e. The number of nitrogens with one attached hydrogen (secondary N) is 1. The van der Waals surface area contributed by atoms with Gasteiger partial charge in [-0.15, -0.1) is 0 Å². The van der Waals surface area contributed by atoms with Crippen molar-refractivity contribution in [2.45, 2.75) is 32.6 Å². The third-order valence-corrected chi connectivity index (χ3v) is 5.81. The van der Waals surface area contributed by atoms with Crippen molar-refractivity contribution in [1.29, 1.82) is 0 Å². The quantitative estimate of drug-likeness (QED) is 0.739. The van der Waals surface area contributed by atoms with Crippen LogP contribution in [-0.4, -0.2) is 33.2 Å². The van der Waals surface area contributed by atoms with Crippen molar-refractivity contribution in [2.75, 3.05) is 18.0 Å². The van der Waals surface area contributed by atoms with Gasteiger partial charge in [0.05, 0.1) is 4.90 Å². The lowest BCUT2D eigenvalue weighted by Gasteiger charge is -2.22. The van der Waals surface area contributed by atoms with Crippen LogP contribution in [0.1, 0.15) is 35.3 Å². The molecule has 0 aliphatic rings. The number of ketones is 1. The Kier molecular flexibility index (Phi) is 6.51. The summed E-state index contributed by atoms with van der Waals surface area (Å²) >= 11 is 0. The second kappa shape index (κ2) is 8.45. The number of amides is 1. The Hall–Kier alpha value is -2.51. The number of Topliss-reactive ketones (excluding diaryl/α,β-unsaturated/α-hetero) is 1. The van der Waals surface area contributed by atoms with Gasteiger partial charge in [-0.25, -0.2) is 13.1 Å². The fourth-order valence-electron chi connectivity index (χ4n) is 2.73. The zero-order chi connectivity index (χ0) is 20.2. The molecule has 2 aromatic rings. The topological polar surface area (TPSA) is 83.6 Å². The molecule has 0 fully saturated rings. The Labute approximate surface area is 160 Å². The number of carbonyl (C=O) groups is 2. The molecule has 144 valence electrons. The van der Waals surface area contributed by atoms with Gasteiger partial charge in [-0.3, -0.25) is 9.59 Å². The molecule has 0 radical (unpaired) electrons. The molecule has 0 heterocycles. The van der Waals surface area contributed by atoms with Crippen molar-refractivity contribution in [1.82, 2.24) is 4.72 Å². The number of nitrogens with zero attached hydrogens (tertiary/aromatic N) is 1. The Morgan fingerprint density at radius 3 is 2.37 bits per heavy atom. The summed E-state index contributed by atoms with van der Waals surface area (Å²) in [5, 5.41) is 0. The van der Waals surface area contributed by atoms with Gasteiger partial charge in [0, 0.05) is 31.3 Å². The average molecular weight is 388 g/mol. The SMILES string of the molecule is CC(=O)c1cccc(N(CCNS(=O)(=O)c2cc(C)ccc2C)C(C)=O)c1. The lowest BCUT2D eigenvalue weighted by Crippen LogP contribution is -2.37. The van der Waals surface area contributed by atoms with E-state index in [1.807, 2.05) is 13.0 Å². The minimum atomic E-state index is -3.68. The van der Waals surface area contributed by atoms with Crippen LogP contribution >= 0.6 is 0 Å². The molecule has 0 saturated heterocycles. The highest BCUT2D eigenvalue weighted by Gasteiger charge is 2.18. The fraction of sp³-hybridized carbons (Fsp3) is 0.300. The zero-order valence-corrected chi connectivity index (χ0v) is 16.8. The minimum absolute atomic E-state index is 0.0552. The summed E-state index contributed by atoms with van der Waals surface area (Å²) in [7, 11) is -3.68. The summed E-state index contributed by atoms with van der Waals surface area (Å²) in [5.74, 6) is -0.336. The second-order valence-electron chi connectivity index (χ2n) is 6.44. The Morgan fingerprint density at radius 1 is 1.04 bits per heavy atom. The van der Waals surface area contributed by atoms with E-state index < -0.39 is 10.0 Å². The number of hydrogen-bond acceptors (Lipinski definition) is 4. The monoisotopic (exact) mass is 388 g/mol. The van der Waals surface area contributed by atoms with E-state index in [0.29, 0.717) is 16.8 Å². The first kappa shape index (κ1) is 20.8. The van der Waals surface area contributed by atoms with E-state index in [1.54, 1.807) is 43.3 Å². The molecule has 0 spiro atoms. The Bertz CT molecular complexity index is 968. The molecule has 1 amide bonds. The lowest BCUT2D eigenvalue weighted by molar-refractivity contribution is -0.116. The first-order chi connectivity index (χ1) is 12.6. The minimum Gasteiger partial charge on any atom is -0.311 e. The van der Waals surface area contributed by atoms with Crippen LogP contribution in [0.5, 0.6) is 0 Å². The van der Waals surface area contributed by atoms with Gasteiger partial charge in [0.1, 0.15) is 0 Å². The summed E-state index contributed by atoms with van der Waals surface area (Å²) < 4.78 is 27.7. The number of anilines is 1. The predicted molar refractivity (Wildman–Crippen MR) is 106 cm³/mol. The summed E-state index contributed by atoms with van der Waals surface area (Å²) in [4.78, 5) is 25.2. The van der Waals surface area contributed by atoms with E-state index in [-0.39, 0.29) is 29.7 Å². The summed E-state index contributed by atoms with van der Waals surface area (Å²) in [6.07, 6.45) is 0. The van der Waals surface area contributed by atoms with Crippen LogP contribution in [0.3, 0.4) is 0 Å². The molecule has 27 heavy (non-hydrogen) atoms. The van der Waals surface area contributed by atoms with Crippen molar-refractivity contribution in [2.24, 2.45) is 0 Å². The van der Waals surface area contributed by atoms with Crippen molar-refractivity contribution >= 4 is 27.4 Å². The average Bonchev–Trinajstić information content (AvgIpc) is 2.60. The van der Waals surface area contributed by atoms with Gasteiger partial charge >= 0.3 is 0 Å². The van der Waals surface area contributed by atoms with Gasteiger partial charge in [-0.2, -0.15) is 0 Å². The van der Waals surface area contributed by atoms with Crippen molar-refractivity contribution in [3.05, 3.63) is 59.2 Å². The highest BCUT2D eigenvalue weighted by atomic mass is 32.2. The van der Waals surface area contributed by atoms with Crippen LogP contribution < -0.4 is 9.62 Å². The largest absolute Gasteiger partial charge is 0.311 e. The Balaban J connectivity index is 2.15. The number of rotatable bonds is 7. The number of aryl methyl sites for hydroxylation is 2. The zero-order valence-electron chi connectivity index (χ0n) is 15.9. The number of carbonyl (C=O) groups excluding carboxylic acids is 2. The first-order valence-corrected chi connectivity index (χ1v) is 10.1. The normalized spacial score (nSPS) is 11.3. The van der Waals surface area contributed by atoms with Crippen LogP contribution in [0.25, 0.3) is 0 Å². The van der Waals surface area contributed by atoms with E-state index in [0.717, 1.165) is 5.56 Å².